The molecule has 1 aliphatic rings. The summed E-state index contributed by atoms with van der Waals surface area (Å²) >= 11 is 0. The molecule has 1 heterocycles. The molecule has 5 heteroatoms. The van der Waals surface area contributed by atoms with Crippen LogP contribution in [-0.4, -0.2) is 23.6 Å². The monoisotopic (exact) mass is 171 g/mol. The normalized spacial score (nSPS) is 21.9. The largest absolute Gasteiger partial charge is 0.475 e. The Bertz CT molecular complexity index is 246. The van der Waals surface area contributed by atoms with E-state index in [4.69, 9.17) is 10.8 Å². The predicted octanol–water partition coefficient (Wildman–Crippen LogP) is -0.523. The lowest BCUT2D eigenvalue weighted by atomic mass is 10.1. The van der Waals surface area contributed by atoms with Gasteiger partial charge in [-0.2, -0.15) is 0 Å². The van der Waals surface area contributed by atoms with Crippen molar-refractivity contribution in [1.82, 2.24) is 0 Å². The Morgan fingerprint density at radius 1 is 1.75 bits per heavy atom. The average Bonchev–Trinajstić information content (AvgIpc) is 2.34. The second-order valence-electron chi connectivity index (χ2n) is 2.44. The van der Waals surface area contributed by atoms with Gasteiger partial charge in [-0.25, -0.2) is 4.79 Å². The molecule has 0 saturated carbocycles. The zero-order chi connectivity index (χ0) is 9.14. The summed E-state index contributed by atoms with van der Waals surface area (Å²) in [5, 5.41) is 8.44. The lowest BCUT2D eigenvalue weighted by Crippen LogP contribution is -2.13. The van der Waals surface area contributed by atoms with Crippen LogP contribution in [0.1, 0.15) is 6.42 Å². The van der Waals surface area contributed by atoms with Crippen molar-refractivity contribution in [2.75, 3.05) is 6.54 Å². The fourth-order valence-corrected chi connectivity index (χ4v) is 0.965. The van der Waals surface area contributed by atoms with E-state index in [1.54, 1.807) is 0 Å². The Balaban J connectivity index is 2.66. The molecular weight excluding hydrogens is 162 g/mol. The predicted molar refractivity (Wildman–Crippen MR) is 39.0 cm³/mol. The SMILES string of the molecule is NCCC1C=C(C(=O)O)OC1=O. The number of esters is 1. The topological polar surface area (TPSA) is 89.6 Å². The van der Waals surface area contributed by atoms with Gasteiger partial charge in [-0.3, -0.25) is 4.79 Å². The van der Waals surface area contributed by atoms with Gasteiger partial charge < -0.3 is 15.6 Å². The molecule has 0 bridgehead atoms. The number of hydrogen-bond donors (Lipinski definition) is 2. The highest BCUT2D eigenvalue weighted by Gasteiger charge is 2.29. The summed E-state index contributed by atoms with van der Waals surface area (Å²) in [6.07, 6.45) is 1.72. The van der Waals surface area contributed by atoms with Crippen molar-refractivity contribution in [3.05, 3.63) is 11.8 Å². The fraction of sp³-hybridized carbons (Fsp3) is 0.429. The third-order valence-electron chi connectivity index (χ3n) is 1.55. The number of carbonyl (C=O) groups excluding carboxylic acids is 1. The third kappa shape index (κ3) is 1.62. The van der Waals surface area contributed by atoms with Crippen LogP contribution in [0.4, 0.5) is 0 Å². The first-order chi connectivity index (χ1) is 5.65. The number of hydrogen-bond acceptors (Lipinski definition) is 4. The van der Waals surface area contributed by atoms with Crippen LogP contribution in [0.15, 0.2) is 11.8 Å². The summed E-state index contributed by atoms with van der Waals surface area (Å²) in [5.41, 5.74) is 5.21. The Morgan fingerprint density at radius 3 is 2.83 bits per heavy atom. The first-order valence-corrected chi connectivity index (χ1v) is 3.52. The van der Waals surface area contributed by atoms with Gasteiger partial charge in [0.1, 0.15) is 0 Å². The van der Waals surface area contributed by atoms with Crippen LogP contribution in [0.2, 0.25) is 0 Å². The van der Waals surface area contributed by atoms with Crippen molar-refractivity contribution in [3.63, 3.8) is 0 Å². The molecule has 0 radical (unpaired) electrons. The third-order valence-corrected chi connectivity index (χ3v) is 1.55. The van der Waals surface area contributed by atoms with Gasteiger partial charge in [0.15, 0.2) is 0 Å². The summed E-state index contributed by atoms with van der Waals surface area (Å²) in [4.78, 5) is 21.2. The van der Waals surface area contributed by atoms with Gasteiger partial charge in [-0.05, 0) is 19.0 Å². The molecule has 12 heavy (non-hydrogen) atoms. The van der Waals surface area contributed by atoms with Crippen molar-refractivity contribution >= 4 is 11.9 Å². The van der Waals surface area contributed by atoms with Crippen molar-refractivity contribution in [2.45, 2.75) is 6.42 Å². The average molecular weight is 171 g/mol. The lowest BCUT2D eigenvalue weighted by molar-refractivity contribution is -0.147. The van der Waals surface area contributed by atoms with Gasteiger partial charge in [0, 0.05) is 0 Å². The van der Waals surface area contributed by atoms with E-state index in [-0.39, 0.29) is 5.76 Å². The minimum absolute atomic E-state index is 0.293. The van der Waals surface area contributed by atoms with Crippen molar-refractivity contribution in [1.29, 1.82) is 0 Å². The Morgan fingerprint density at radius 2 is 2.42 bits per heavy atom. The van der Waals surface area contributed by atoms with Crippen LogP contribution in [0.3, 0.4) is 0 Å². The number of aliphatic carboxylic acids is 1. The number of ether oxygens (including phenoxy) is 1. The maximum atomic E-state index is 10.9. The summed E-state index contributed by atoms with van der Waals surface area (Å²) in [7, 11) is 0. The molecule has 1 atom stereocenters. The van der Waals surface area contributed by atoms with Crippen LogP contribution in [0, 0.1) is 5.92 Å². The highest BCUT2D eigenvalue weighted by atomic mass is 16.6. The Kier molecular flexibility index (Phi) is 2.44. The first kappa shape index (κ1) is 8.73. The molecule has 5 nitrogen and oxygen atoms in total. The molecule has 0 aromatic carbocycles. The molecule has 0 aromatic rings. The molecule has 1 aliphatic heterocycles. The summed E-state index contributed by atoms with van der Waals surface area (Å²) in [5.74, 6) is -2.53. The number of carboxylic acids is 1. The van der Waals surface area contributed by atoms with Gasteiger partial charge in [0.25, 0.3) is 0 Å². The molecule has 3 N–H and O–H groups in total. The van der Waals surface area contributed by atoms with Crippen molar-refractivity contribution in [3.8, 4) is 0 Å². The minimum atomic E-state index is -1.22. The van der Waals surface area contributed by atoms with E-state index in [0.29, 0.717) is 13.0 Å². The highest BCUT2D eigenvalue weighted by Crippen LogP contribution is 2.19. The van der Waals surface area contributed by atoms with E-state index in [0.717, 1.165) is 0 Å². The lowest BCUT2D eigenvalue weighted by Gasteiger charge is -1.99. The van der Waals surface area contributed by atoms with Gasteiger partial charge in [0.05, 0.1) is 5.92 Å². The molecular formula is C7H9NO4. The standard InChI is InChI=1S/C7H9NO4/c8-2-1-4-3-5(6(9)10)12-7(4)11/h3-4H,1-2,8H2,(H,9,10). The number of carbonyl (C=O) groups is 2. The van der Waals surface area contributed by atoms with Gasteiger partial charge in [-0.15, -0.1) is 0 Å². The van der Waals surface area contributed by atoms with E-state index in [2.05, 4.69) is 4.74 Å². The van der Waals surface area contributed by atoms with Crippen LogP contribution in [0.25, 0.3) is 0 Å². The first-order valence-electron chi connectivity index (χ1n) is 3.52. The summed E-state index contributed by atoms with van der Waals surface area (Å²) in [6.45, 7) is 0.336. The minimum Gasteiger partial charge on any atom is -0.475 e. The fourth-order valence-electron chi connectivity index (χ4n) is 0.965. The molecule has 0 fully saturated rings. The number of nitrogens with two attached hydrogens (primary N) is 1. The Hall–Kier alpha value is -1.36. The highest BCUT2D eigenvalue weighted by molar-refractivity contribution is 5.92. The van der Waals surface area contributed by atoms with Crippen LogP contribution in [-0.2, 0) is 14.3 Å². The molecule has 1 rings (SSSR count). The molecule has 0 saturated heterocycles. The number of cyclic esters (lactones) is 1. The second-order valence-corrected chi connectivity index (χ2v) is 2.44. The van der Waals surface area contributed by atoms with Crippen LogP contribution < -0.4 is 5.73 Å². The molecule has 1 unspecified atom stereocenters. The van der Waals surface area contributed by atoms with Crippen molar-refractivity contribution < 1.29 is 19.4 Å². The molecule has 0 amide bonds. The van der Waals surface area contributed by atoms with Gasteiger partial charge in [-0.1, -0.05) is 0 Å². The second kappa shape index (κ2) is 3.36. The zero-order valence-corrected chi connectivity index (χ0v) is 6.32. The molecule has 0 spiro atoms. The maximum Gasteiger partial charge on any atom is 0.371 e. The van der Waals surface area contributed by atoms with E-state index in [1.807, 2.05) is 0 Å². The quantitative estimate of drug-likeness (QED) is 0.557. The molecule has 0 aliphatic carbocycles. The van der Waals surface area contributed by atoms with Crippen molar-refractivity contribution in [2.24, 2.45) is 11.7 Å². The number of rotatable bonds is 3. The molecule has 0 aromatic heterocycles. The van der Waals surface area contributed by atoms with E-state index < -0.39 is 17.9 Å². The maximum absolute atomic E-state index is 10.9. The van der Waals surface area contributed by atoms with E-state index in [1.165, 1.54) is 6.08 Å². The number of carboxylic acid groups (broad SMARTS) is 1. The summed E-state index contributed by atoms with van der Waals surface area (Å²) in [6, 6.07) is 0. The van der Waals surface area contributed by atoms with E-state index in [9.17, 15) is 9.59 Å². The zero-order valence-electron chi connectivity index (χ0n) is 6.32. The van der Waals surface area contributed by atoms with Crippen LogP contribution >= 0.6 is 0 Å². The van der Waals surface area contributed by atoms with Gasteiger partial charge >= 0.3 is 11.9 Å². The summed E-state index contributed by atoms with van der Waals surface area (Å²) < 4.78 is 4.46. The smallest absolute Gasteiger partial charge is 0.371 e. The van der Waals surface area contributed by atoms with Crippen LogP contribution in [0.5, 0.6) is 0 Å². The Labute approximate surface area is 68.8 Å². The van der Waals surface area contributed by atoms with Gasteiger partial charge in [0.2, 0.25) is 5.76 Å². The molecule has 66 valence electrons. The van der Waals surface area contributed by atoms with E-state index >= 15 is 0 Å².